The van der Waals surface area contributed by atoms with Crippen LogP contribution in [0.15, 0.2) is 57.9 Å². The lowest BCUT2D eigenvalue weighted by Crippen LogP contribution is -2.10. The van der Waals surface area contributed by atoms with E-state index in [0.717, 1.165) is 18.4 Å². The van der Waals surface area contributed by atoms with Crippen molar-refractivity contribution in [3.05, 3.63) is 70.3 Å². The van der Waals surface area contributed by atoms with Gasteiger partial charge < -0.3 is 19.0 Å². The van der Waals surface area contributed by atoms with Crippen LogP contribution in [0, 0.1) is 0 Å². The van der Waals surface area contributed by atoms with E-state index in [4.69, 9.17) is 13.9 Å². The normalized spacial score (nSPS) is 12.1. The molecular weight excluding hydrogens is 384 g/mol. The van der Waals surface area contributed by atoms with Gasteiger partial charge in [-0.05, 0) is 50.7 Å². The summed E-state index contributed by atoms with van der Waals surface area (Å²) in [4.78, 5) is 23.4. The third-order valence-electron chi connectivity index (χ3n) is 4.48. The zero-order valence-corrected chi connectivity index (χ0v) is 17.4. The molecule has 2 aromatic rings. The van der Waals surface area contributed by atoms with Crippen LogP contribution in [0.3, 0.4) is 0 Å². The number of ether oxygens (including phenoxy) is 2. The predicted molar refractivity (Wildman–Crippen MR) is 115 cm³/mol. The molecule has 1 aromatic heterocycles. The van der Waals surface area contributed by atoms with Gasteiger partial charge in [-0.3, -0.25) is 9.59 Å². The monoisotopic (exact) mass is 414 g/mol. The van der Waals surface area contributed by atoms with E-state index in [1.54, 1.807) is 19.1 Å². The van der Waals surface area contributed by atoms with E-state index in [1.165, 1.54) is 12.3 Å². The largest absolute Gasteiger partial charge is 0.486 e. The van der Waals surface area contributed by atoms with Crippen molar-refractivity contribution < 1.29 is 23.8 Å². The highest BCUT2D eigenvalue weighted by Gasteiger charge is 2.10. The molecule has 1 heterocycles. The van der Waals surface area contributed by atoms with E-state index in [-0.39, 0.29) is 22.9 Å². The first-order valence-electron chi connectivity index (χ1n) is 10.4. The average molecular weight is 414 g/mol. The van der Waals surface area contributed by atoms with E-state index < -0.39 is 6.10 Å². The number of benzene rings is 1. The van der Waals surface area contributed by atoms with Gasteiger partial charge in [-0.25, -0.2) is 0 Å². The Balaban J connectivity index is 1.81. The molecule has 0 aliphatic carbocycles. The number of hydrogen-bond acceptors (Lipinski definition) is 6. The minimum absolute atomic E-state index is 0.134. The molecule has 2 rings (SSSR count). The molecule has 0 bridgehead atoms. The second kappa shape index (κ2) is 13.4. The smallest absolute Gasteiger partial charge is 0.305 e. The van der Waals surface area contributed by atoms with Crippen molar-refractivity contribution in [1.29, 1.82) is 0 Å². The Morgan fingerprint density at radius 1 is 1.17 bits per heavy atom. The number of rotatable bonds is 13. The molecule has 6 heteroatoms. The molecule has 1 aromatic carbocycles. The van der Waals surface area contributed by atoms with Crippen molar-refractivity contribution in [2.75, 3.05) is 13.2 Å². The lowest BCUT2D eigenvalue weighted by atomic mass is 10.1. The van der Waals surface area contributed by atoms with Gasteiger partial charge in [0.25, 0.3) is 0 Å². The summed E-state index contributed by atoms with van der Waals surface area (Å²) in [5.41, 5.74) is 0.884. The van der Waals surface area contributed by atoms with Crippen LogP contribution in [0.5, 0.6) is 5.75 Å². The summed E-state index contributed by atoms with van der Waals surface area (Å²) in [7, 11) is 0. The number of aliphatic hydroxyl groups is 1. The van der Waals surface area contributed by atoms with Crippen LogP contribution < -0.4 is 10.2 Å². The molecule has 6 nitrogen and oxygen atoms in total. The zero-order valence-electron chi connectivity index (χ0n) is 17.4. The first kappa shape index (κ1) is 23.4. The number of carbonyl (C=O) groups excluding carboxylic acids is 1. The Labute approximate surface area is 177 Å². The number of hydrogen-bond donors (Lipinski definition) is 1. The first-order valence-corrected chi connectivity index (χ1v) is 10.4. The number of aliphatic hydroxyl groups excluding tert-OH is 1. The van der Waals surface area contributed by atoms with Gasteiger partial charge in [0.1, 0.15) is 0 Å². The van der Waals surface area contributed by atoms with Crippen molar-refractivity contribution in [3.63, 3.8) is 0 Å². The Morgan fingerprint density at radius 2 is 1.97 bits per heavy atom. The maximum atomic E-state index is 12.1. The van der Waals surface area contributed by atoms with Crippen molar-refractivity contribution in [1.82, 2.24) is 0 Å². The fraction of sp³-hybridized carbons (Fsp3) is 0.417. The number of unbranched alkanes of at least 4 members (excludes halogenated alkanes) is 2. The molecule has 0 saturated heterocycles. The highest BCUT2D eigenvalue weighted by Crippen LogP contribution is 2.17. The van der Waals surface area contributed by atoms with Crippen LogP contribution in [-0.4, -0.2) is 30.4 Å². The van der Waals surface area contributed by atoms with Crippen molar-refractivity contribution in [3.8, 4) is 5.75 Å². The summed E-state index contributed by atoms with van der Waals surface area (Å²) in [6.07, 6.45) is 7.74. The maximum absolute atomic E-state index is 12.1. The molecule has 30 heavy (non-hydrogen) atoms. The molecule has 162 valence electrons. The molecule has 0 fully saturated rings. The van der Waals surface area contributed by atoms with E-state index in [2.05, 4.69) is 0 Å². The lowest BCUT2D eigenvalue weighted by Gasteiger charge is -2.08. The van der Waals surface area contributed by atoms with Crippen LogP contribution in [0.1, 0.15) is 50.4 Å². The van der Waals surface area contributed by atoms with Crippen molar-refractivity contribution >= 4 is 12.0 Å². The van der Waals surface area contributed by atoms with Crippen LogP contribution in [0.25, 0.3) is 6.08 Å². The molecule has 0 amide bonds. The van der Waals surface area contributed by atoms with E-state index in [1.807, 2.05) is 30.3 Å². The molecule has 0 aliphatic heterocycles. The summed E-state index contributed by atoms with van der Waals surface area (Å²) < 4.78 is 15.9. The van der Waals surface area contributed by atoms with Crippen LogP contribution in [0.2, 0.25) is 0 Å². The van der Waals surface area contributed by atoms with Gasteiger partial charge >= 0.3 is 5.97 Å². The Kier molecular flexibility index (Phi) is 10.4. The third-order valence-corrected chi connectivity index (χ3v) is 4.48. The number of carbonyl (C=O) groups is 1. The second-order valence-corrected chi connectivity index (χ2v) is 6.89. The minimum Gasteiger partial charge on any atom is -0.486 e. The van der Waals surface area contributed by atoms with Gasteiger partial charge in [-0.1, -0.05) is 36.4 Å². The fourth-order valence-electron chi connectivity index (χ4n) is 2.89. The van der Waals surface area contributed by atoms with Crippen LogP contribution >= 0.6 is 0 Å². The summed E-state index contributed by atoms with van der Waals surface area (Å²) >= 11 is 0. The Bertz CT molecular complexity index is 840. The predicted octanol–water partition coefficient (Wildman–Crippen LogP) is 4.15. The standard InChI is InChI=1S/C24H30O6/c1-2-28-23(27)11-7-4-8-17-30-24-21(26)16-18-29-22(24)15-14-20(25)13-12-19-9-5-3-6-10-19/h3,5-6,9-10,14-16,18,20,25H,2,4,7-8,11-13,17H2,1H3/t20-/m0/s1. The number of aryl methyl sites for hydroxylation is 1. The first-order chi connectivity index (χ1) is 14.6. The topological polar surface area (TPSA) is 86.0 Å². The summed E-state index contributed by atoms with van der Waals surface area (Å²) in [5, 5.41) is 10.2. The molecule has 1 atom stereocenters. The minimum atomic E-state index is -0.661. The third kappa shape index (κ3) is 8.66. The van der Waals surface area contributed by atoms with E-state index >= 15 is 0 Å². The van der Waals surface area contributed by atoms with Crippen molar-refractivity contribution in [2.45, 2.75) is 51.6 Å². The van der Waals surface area contributed by atoms with Gasteiger partial charge in [0.15, 0.2) is 5.76 Å². The molecular formula is C24H30O6. The molecule has 0 spiro atoms. The van der Waals surface area contributed by atoms with E-state index in [9.17, 15) is 14.7 Å². The van der Waals surface area contributed by atoms with Gasteiger partial charge in [0, 0.05) is 12.5 Å². The summed E-state index contributed by atoms with van der Waals surface area (Å²) in [6.45, 7) is 2.52. The van der Waals surface area contributed by atoms with Crippen molar-refractivity contribution in [2.24, 2.45) is 0 Å². The summed E-state index contributed by atoms with van der Waals surface area (Å²) in [5.74, 6) is 0.225. The average Bonchev–Trinajstić information content (AvgIpc) is 2.75. The van der Waals surface area contributed by atoms with E-state index in [0.29, 0.717) is 38.9 Å². The SMILES string of the molecule is CCOC(=O)CCCCCOc1c(C=C[C@@H](O)CCc2ccccc2)occc1=O. The van der Waals surface area contributed by atoms with Crippen LogP contribution in [0.4, 0.5) is 0 Å². The highest BCUT2D eigenvalue weighted by molar-refractivity contribution is 5.69. The van der Waals surface area contributed by atoms with Gasteiger partial charge in [0.05, 0.1) is 25.6 Å². The Morgan fingerprint density at radius 3 is 2.73 bits per heavy atom. The zero-order chi connectivity index (χ0) is 21.6. The highest BCUT2D eigenvalue weighted by atomic mass is 16.5. The quantitative estimate of drug-likeness (QED) is 0.391. The van der Waals surface area contributed by atoms with Gasteiger partial charge in [-0.15, -0.1) is 0 Å². The lowest BCUT2D eigenvalue weighted by molar-refractivity contribution is -0.143. The second-order valence-electron chi connectivity index (χ2n) is 6.89. The molecule has 0 unspecified atom stereocenters. The molecule has 0 saturated carbocycles. The molecule has 0 aliphatic rings. The summed E-state index contributed by atoms with van der Waals surface area (Å²) in [6, 6.07) is 11.2. The maximum Gasteiger partial charge on any atom is 0.305 e. The van der Waals surface area contributed by atoms with Gasteiger partial charge in [0.2, 0.25) is 11.2 Å². The van der Waals surface area contributed by atoms with Gasteiger partial charge in [-0.2, -0.15) is 0 Å². The van der Waals surface area contributed by atoms with Crippen LogP contribution in [-0.2, 0) is 16.0 Å². The molecule has 0 radical (unpaired) electrons. The Hall–Kier alpha value is -2.86. The number of esters is 1. The molecule has 1 N–H and O–H groups in total. The fourth-order valence-corrected chi connectivity index (χ4v) is 2.89.